The number of rotatable bonds is 7. The standard InChI is InChI=1S/C23H30N4O2.2ClH/c1-16-4-9-20(25-22(28)15-27(2)3)13-21(16)26-23(29)19-7-5-17(6-8-19)12-18-10-11-24-14-18;;/h4-9,13,18,24H,10-12,14-15H2,1-3H3,(H,25,28)(H,26,29);2*1H. The largest absolute Gasteiger partial charge is 0.325 e. The van der Waals surface area contributed by atoms with Crippen molar-refractivity contribution < 1.29 is 9.59 Å². The van der Waals surface area contributed by atoms with Crippen LogP contribution in [0.5, 0.6) is 0 Å². The molecule has 0 spiro atoms. The summed E-state index contributed by atoms with van der Waals surface area (Å²) in [7, 11) is 3.69. The fourth-order valence-electron chi connectivity index (χ4n) is 3.53. The maximum atomic E-state index is 12.7. The number of hydrogen-bond acceptors (Lipinski definition) is 4. The third-order valence-electron chi connectivity index (χ3n) is 5.13. The summed E-state index contributed by atoms with van der Waals surface area (Å²) >= 11 is 0. The number of halogens is 2. The van der Waals surface area contributed by atoms with Crippen LogP contribution in [-0.2, 0) is 11.2 Å². The smallest absolute Gasteiger partial charge is 0.255 e. The highest BCUT2D eigenvalue weighted by Gasteiger charge is 2.15. The van der Waals surface area contributed by atoms with Crippen LogP contribution in [0.15, 0.2) is 42.5 Å². The van der Waals surface area contributed by atoms with Gasteiger partial charge >= 0.3 is 0 Å². The molecule has 1 aliphatic rings. The molecule has 2 aromatic carbocycles. The summed E-state index contributed by atoms with van der Waals surface area (Å²) in [5, 5.41) is 9.21. The van der Waals surface area contributed by atoms with Crippen LogP contribution in [0.25, 0.3) is 0 Å². The molecule has 2 aromatic rings. The first-order valence-corrected chi connectivity index (χ1v) is 10.1. The van der Waals surface area contributed by atoms with Gasteiger partial charge in [-0.2, -0.15) is 0 Å². The van der Waals surface area contributed by atoms with Crippen LogP contribution in [0, 0.1) is 12.8 Å². The SMILES string of the molecule is Cc1ccc(NC(=O)CN(C)C)cc1NC(=O)c1ccc(CC2CCNC2)cc1.Cl.Cl. The number of carbonyl (C=O) groups is 2. The number of anilines is 2. The topological polar surface area (TPSA) is 73.5 Å². The molecule has 1 fully saturated rings. The van der Waals surface area contributed by atoms with Crippen molar-refractivity contribution in [1.82, 2.24) is 10.2 Å². The molecule has 3 N–H and O–H groups in total. The van der Waals surface area contributed by atoms with E-state index in [1.165, 1.54) is 12.0 Å². The van der Waals surface area contributed by atoms with Crippen LogP contribution < -0.4 is 16.0 Å². The van der Waals surface area contributed by atoms with Gasteiger partial charge in [0.15, 0.2) is 0 Å². The normalized spacial score (nSPS) is 15.0. The van der Waals surface area contributed by atoms with Crippen molar-refractivity contribution in [3.8, 4) is 0 Å². The molecule has 0 saturated carbocycles. The van der Waals surface area contributed by atoms with Gasteiger partial charge < -0.3 is 20.9 Å². The van der Waals surface area contributed by atoms with Gasteiger partial charge in [0, 0.05) is 16.9 Å². The summed E-state index contributed by atoms with van der Waals surface area (Å²) in [5.41, 5.74) is 4.18. The predicted octanol–water partition coefficient (Wildman–Crippen LogP) is 3.74. The van der Waals surface area contributed by atoms with Gasteiger partial charge in [-0.15, -0.1) is 24.8 Å². The maximum absolute atomic E-state index is 12.7. The summed E-state index contributed by atoms with van der Waals surface area (Å²) in [6.07, 6.45) is 2.26. The number of likely N-dealkylation sites (N-methyl/N-ethyl adjacent to an activating group) is 1. The van der Waals surface area contributed by atoms with Crippen molar-refractivity contribution in [2.45, 2.75) is 19.8 Å². The van der Waals surface area contributed by atoms with E-state index in [1.54, 1.807) is 11.0 Å². The molecule has 31 heavy (non-hydrogen) atoms. The highest BCUT2D eigenvalue weighted by Crippen LogP contribution is 2.22. The number of nitrogens with zero attached hydrogens (tertiary/aromatic N) is 1. The van der Waals surface area contributed by atoms with Crippen LogP contribution in [0.2, 0.25) is 0 Å². The van der Waals surface area contributed by atoms with Gasteiger partial charge in [0.1, 0.15) is 0 Å². The monoisotopic (exact) mass is 466 g/mol. The van der Waals surface area contributed by atoms with Gasteiger partial charge in [0.2, 0.25) is 5.91 Å². The second-order valence-electron chi connectivity index (χ2n) is 8.03. The van der Waals surface area contributed by atoms with Crippen LogP contribution in [0.3, 0.4) is 0 Å². The van der Waals surface area contributed by atoms with Gasteiger partial charge in [-0.25, -0.2) is 0 Å². The van der Waals surface area contributed by atoms with E-state index in [4.69, 9.17) is 0 Å². The Bertz CT molecular complexity index is 866. The van der Waals surface area contributed by atoms with Crippen LogP contribution in [0.1, 0.15) is 27.9 Å². The van der Waals surface area contributed by atoms with Gasteiger partial charge in [0.05, 0.1) is 6.54 Å². The lowest BCUT2D eigenvalue weighted by atomic mass is 9.98. The highest BCUT2D eigenvalue weighted by molar-refractivity contribution is 6.05. The van der Waals surface area contributed by atoms with Gasteiger partial charge in [-0.3, -0.25) is 9.59 Å². The Morgan fingerprint density at radius 1 is 1.06 bits per heavy atom. The quantitative estimate of drug-likeness (QED) is 0.580. The van der Waals surface area contributed by atoms with Gasteiger partial charge in [-0.05, 0) is 88.3 Å². The third kappa shape index (κ3) is 8.15. The molecule has 1 saturated heterocycles. The van der Waals surface area contributed by atoms with Crippen molar-refractivity contribution >= 4 is 48.0 Å². The Balaban J connectivity index is 0.00000240. The van der Waals surface area contributed by atoms with Gasteiger partial charge in [-0.1, -0.05) is 18.2 Å². The van der Waals surface area contributed by atoms with E-state index < -0.39 is 0 Å². The minimum absolute atomic E-state index is 0. The highest BCUT2D eigenvalue weighted by atomic mass is 35.5. The number of amides is 2. The van der Waals surface area contributed by atoms with E-state index in [0.717, 1.165) is 25.1 Å². The van der Waals surface area contributed by atoms with Crippen molar-refractivity contribution in [2.24, 2.45) is 5.92 Å². The summed E-state index contributed by atoms with van der Waals surface area (Å²) in [6.45, 7) is 4.40. The Morgan fingerprint density at radius 2 is 1.77 bits per heavy atom. The van der Waals surface area contributed by atoms with E-state index in [2.05, 4.69) is 16.0 Å². The number of benzene rings is 2. The van der Waals surface area contributed by atoms with Crippen LogP contribution >= 0.6 is 24.8 Å². The molecule has 8 heteroatoms. The lowest BCUT2D eigenvalue weighted by Gasteiger charge is -2.13. The first-order valence-electron chi connectivity index (χ1n) is 10.1. The summed E-state index contributed by atoms with van der Waals surface area (Å²) in [5.74, 6) is 0.436. The molecule has 1 unspecified atom stereocenters. The average Bonchev–Trinajstić information content (AvgIpc) is 3.17. The van der Waals surface area contributed by atoms with Gasteiger partial charge in [0.25, 0.3) is 5.91 Å². The average molecular weight is 467 g/mol. The predicted molar refractivity (Wildman–Crippen MR) is 132 cm³/mol. The zero-order valence-electron chi connectivity index (χ0n) is 18.2. The Kier molecular flexibility index (Phi) is 11.0. The summed E-state index contributed by atoms with van der Waals surface area (Å²) in [4.78, 5) is 26.5. The Morgan fingerprint density at radius 3 is 2.39 bits per heavy atom. The molecule has 0 bridgehead atoms. The zero-order chi connectivity index (χ0) is 20.8. The van der Waals surface area contributed by atoms with Crippen LogP contribution in [-0.4, -0.2) is 50.4 Å². The van der Waals surface area contributed by atoms with E-state index in [-0.39, 0.29) is 36.6 Å². The fraction of sp³-hybridized carbons (Fsp3) is 0.391. The second kappa shape index (κ2) is 12.7. The molecule has 3 rings (SSSR count). The van der Waals surface area contributed by atoms with Crippen molar-refractivity contribution in [1.29, 1.82) is 0 Å². The number of carbonyl (C=O) groups excluding carboxylic acids is 2. The molecule has 0 radical (unpaired) electrons. The lowest BCUT2D eigenvalue weighted by molar-refractivity contribution is -0.116. The Labute approximate surface area is 197 Å². The lowest BCUT2D eigenvalue weighted by Crippen LogP contribution is -2.27. The van der Waals surface area contributed by atoms with Crippen LogP contribution in [0.4, 0.5) is 11.4 Å². The van der Waals surface area contributed by atoms with Crippen molar-refractivity contribution in [3.05, 3.63) is 59.2 Å². The first-order chi connectivity index (χ1) is 13.9. The summed E-state index contributed by atoms with van der Waals surface area (Å²) in [6, 6.07) is 13.4. The molecule has 1 heterocycles. The molecule has 0 aliphatic carbocycles. The first kappa shape index (κ1) is 26.9. The maximum Gasteiger partial charge on any atom is 0.255 e. The molecule has 1 aliphatic heterocycles. The summed E-state index contributed by atoms with van der Waals surface area (Å²) < 4.78 is 0. The molecule has 2 amide bonds. The number of nitrogens with one attached hydrogen (secondary N) is 3. The molecule has 170 valence electrons. The molecule has 6 nitrogen and oxygen atoms in total. The molecular weight excluding hydrogens is 435 g/mol. The van der Waals surface area contributed by atoms with Crippen molar-refractivity contribution in [3.63, 3.8) is 0 Å². The molecule has 0 aromatic heterocycles. The van der Waals surface area contributed by atoms with Crippen molar-refractivity contribution in [2.75, 3.05) is 44.4 Å². The second-order valence-corrected chi connectivity index (χ2v) is 8.03. The van der Waals surface area contributed by atoms with E-state index in [0.29, 0.717) is 29.4 Å². The fourth-order valence-corrected chi connectivity index (χ4v) is 3.53. The van der Waals surface area contributed by atoms with E-state index >= 15 is 0 Å². The Hall–Kier alpha value is -2.12. The third-order valence-corrected chi connectivity index (χ3v) is 5.13. The number of hydrogen-bond donors (Lipinski definition) is 3. The molecular formula is C23H32Cl2N4O2. The molecule has 1 atom stereocenters. The number of aryl methyl sites for hydroxylation is 1. The minimum atomic E-state index is -0.154. The zero-order valence-corrected chi connectivity index (χ0v) is 19.9. The van der Waals surface area contributed by atoms with E-state index in [1.807, 2.05) is 57.4 Å². The minimum Gasteiger partial charge on any atom is -0.325 e. The van der Waals surface area contributed by atoms with E-state index in [9.17, 15) is 9.59 Å².